The van der Waals surface area contributed by atoms with E-state index in [2.05, 4.69) is 30.4 Å². The number of amidine groups is 1. The van der Waals surface area contributed by atoms with E-state index in [9.17, 15) is 4.79 Å². The minimum atomic E-state index is -0.728. The molecule has 0 radical (unpaired) electrons. The van der Waals surface area contributed by atoms with Gasteiger partial charge < -0.3 is 14.4 Å². The number of nitrogens with zero attached hydrogens (tertiary/aromatic N) is 5. The standard InChI is InChI=1S/C13H22N6O4/c1-9(2)6-22-17-11(16-13(20)21-5)12(18-23-10(3)4)19-8-14-7-15-19/h7-10H,6H2,1-5H3,(H,16,17,20). The second-order valence-corrected chi connectivity index (χ2v) is 5.16. The third-order valence-electron chi connectivity index (χ3n) is 2.17. The number of oxime groups is 2. The summed E-state index contributed by atoms with van der Waals surface area (Å²) in [5, 5.41) is 14.2. The Hall–Kier alpha value is -2.65. The van der Waals surface area contributed by atoms with Gasteiger partial charge in [-0.15, -0.1) is 0 Å². The molecule has 0 fully saturated rings. The van der Waals surface area contributed by atoms with E-state index in [0.717, 1.165) is 0 Å². The Kier molecular flexibility index (Phi) is 7.51. The third-order valence-corrected chi connectivity index (χ3v) is 2.17. The number of alkyl carbamates (subject to hydrolysis) is 1. The van der Waals surface area contributed by atoms with Crippen LogP contribution in [0.15, 0.2) is 23.0 Å². The van der Waals surface area contributed by atoms with Crippen LogP contribution in [-0.2, 0) is 14.4 Å². The quantitative estimate of drug-likeness (QED) is 0.494. The van der Waals surface area contributed by atoms with Gasteiger partial charge >= 0.3 is 6.09 Å². The van der Waals surface area contributed by atoms with Crippen molar-refractivity contribution in [3.63, 3.8) is 0 Å². The van der Waals surface area contributed by atoms with Crippen LogP contribution in [0.1, 0.15) is 27.7 Å². The molecule has 0 bridgehead atoms. The molecule has 10 heteroatoms. The van der Waals surface area contributed by atoms with Crippen molar-refractivity contribution in [3.05, 3.63) is 12.7 Å². The molecule has 1 rings (SSSR count). The second kappa shape index (κ2) is 9.38. The fourth-order valence-electron chi connectivity index (χ4n) is 1.18. The summed E-state index contributed by atoms with van der Waals surface area (Å²) in [6.45, 7) is 7.92. The summed E-state index contributed by atoms with van der Waals surface area (Å²) in [5.74, 6) is 0.353. The van der Waals surface area contributed by atoms with Crippen LogP contribution >= 0.6 is 0 Å². The topological polar surface area (TPSA) is 112 Å². The number of carbonyl (C=O) groups is 1. The molecule has 0 aliphatic carbocycles. The number of rotatable bonds is 5. The molecule has 23 heavy (non-hydrogen) atoms. The van der Waals surface area contributed by atoms with Crippen LogP contribution in [0.3, 0.4) is 0 Å². The molecule has 10 nitrogen and oxygen atoms in total. The van der Waals surface area contributed by atoms with Crippen LogP contribution in [0.2, 0.25) is 0 Å². The van der Waals surface area contributed by atoms with Crippen molar-refractivity contribution in [2.75, 3.05) is 13.7 Å². The normalized spacial score (nSPS) is 12.5. The molecule has 0 aliphatic heterocycles. The molecule has 0 atom stereocenters. The fraction of sp³-hybridized carbons (Fsp3) is 0.615. The van der Waals surface area contributed by atoms with Crippen molar-refractivity contribution in [1.82, 2.24) is 20.1 Å². The first kappa shape index (κ1) is 18.4. The predicted octanol–water partition coefficient (Wildman–Crippen LogP) is 1.21. The summed E-state index contributed by atoms with van der Waals surface area (Å²) in [5.41, 5.74) is 0. The number of aromatic nitrogens is 3. The summed E-state index contributed by atoms with van der Waals surface area (Å²) >= 11 is 0. The molecule has 1 heterocycles. The Morgan fingerprint density at radius 3 is 2.57 bits per heavy atom. The van der Waals surface area contributed by atoms with E-state index in [1.165, 1.54) is 24.4 Å². The first-order valence-electron chi connectivity index (χ1n) is 7.08. The summed E-state index contributed by atoms with van der Waals surface area (Å²) in [6.07, 6.45) is 1.80. The molecular weight excluding hydrogens is 304 g/mol. The van der Waals surface area contributed by atoms with Gasteiger partial charge in [0.15, 0.2) is 0 Å². The maximum atomic E-state index is 11.5. The van der Waals surface area contributed by atoms with Gasteiger partial charge in [-0.25, -0.2) is 9.78 Å². The van der Waals surface area contributed by atoms with Crippen LogP contribution in [0, 0.1) is 5.92 Å². The molecule has 1 amide bonds. The van der Waals surface area contributed by atoms with Crippen LogP contribution in [-0.4, -0.2) is 52.3 Å². The highest BCUT2D eigenvalue weighted by Crippen LogP contribution is 1.98. The van der Waals surface area contributed by atoms with Crippen LogP contribution in [0.25, 0.3) is 0 Å². The average molecular weight is 326 g/mol. The highest BCUT2D eigenvalue weighted by atomic mass is 16.6. The van der Waals surface area contributed by atoms with Gasteiger partial charge in [-0.05, 0) is 19.8 Å². The van der Waals surface area contributed by atoms with Gasteiger partial charge in [-0.2, -0.15) is 9.78 Å². The number of amides is 1. The van der Waals surface area contributed by atoms with Gasteiger partial charge in [-0.3, -0.25) is 5.32 Å². The van der Waals surface area contributed by atoms with Crippen molar-refractivity contribution >= 4 is 17.8 Å². The zero-order chi connectivity index (χ0) is 17.2. The number of hydrogen-bond donors (Lipinski definition) is 1. The molecule has 0 spiro atoms. The van der Waals surface area contributed by atoms with Crippen LogP contribution in [0.4, 0.5) is 4.79 Å². The number of ether oxygens (including phenoxy) is 1. The van der Waals surface area contributed by atoms with Gasteiger partial charge in [0, 0.05) is 0 Å². The highest BCUT2D eigenvalue weighted by molar-refractivity contribution is 6.42. The molecule has 1 aromatic rings. The smallest absolute Gasteiger partial charge is 0.412 e. The Morgan fingerprint density at radius 1 is 1.30 bits per heavy atom. The fourth-order valence-corrected chi connectivity index (χ4v) is 1.18. The lowest BCUT2D eigenvalue weighted by atomic mass is 10.2. The third kappa shape index (κ3) is 6.76. The zero-order valence-corrected chi connectivity index (χ0v) is 13.9. The molecule has 0 saturated heterocycles. The van der Waals surface area contributed by atoms with E-state index in [0.29, 0.717) is 6.61 Å². The summed E-state index contributed by atoms with van der Waals surface area (Å²) in [6, 6.07) is 0. The molecule has 0 aliphatic rings. The number of hydrogen-bond acceptors (Lipinski definition) is 8. The van der Waals surface area contributed by atoms with Crippen LogP contribution < -0.4 is 5.32 Å². The predicted molar refractivity (Wildman–Crippen MR) is 82.8 cm³/mol. The zero-order valence-electron chi connectivity index (χ0n) is 13.9. The molecule has 1 N–H and O–H groups in total. The molecule has 1 aromatic heterocycles. The second-order valence-electron chi connectivity index (χ2n) is 5.16. The largest absolute Gasteiger partial charge is 0.453 e. The lowest BCUT2D eigenvalue weighted by Crippen LogP contribution is -2.40. The Bertz CT molecular complexity index is 539. The van der Waals surface area contributed by atoms with Crippen molar-refractivity contribution < 1.29 is 19.2 Å². The summed E-state index contributed by atoms with van der Waals surface area (Å²) in [7, 11) is 1.23. The Balaban J connectivity index is 3.09. The Morgan fingerprint density at radius 2 is 2.04 bits per heavy atom. The minimum absolute atomic E-state index is 0.0105. The maximum Gasteiger partial charge on any atom is 0.412 e. The van der Waals surface area contributed by atoms with Crippen molar-refractivity contribution in [1.29, 1.82) is 0 Å². The maximum absolute atomic E-state index is 11.5. The first-order chi connectivity index (χ1) is 10.9. The molecule has 0 aromatic carbocycles. The van der Waals surface area contributed by atoms with Gasteiger partial charge in [0.2, 0.25) is 11.7 Å². The SMILES string of the molecule is COC(=O)NC(=NOCC(C)C)C(=NOC(C)C)n1cncn1. The van der Waals surface area contributed by atoms with Crippen molar-refractivity contribution in [3.8, 4) is 0 Å². The van der Waals surface area contributed by atoms with Crippen LogP contribution in [0.5, 0.6) is 0 Å². The van der Waals surface area contributed by atoms with E-state index in [4.69, 9.17) is 9.68 Å². The number of methoxy groups -OCH3 is 1. The molecular formula is C13H22N6O4. The lowest BCUT2D eigenvalue weighted by molar-refractivity contribution is 0.0851. The van der Waals surface area contributed by atoms with Gasteiger partial charge in [0.05, 0.1) is 7.11 Å². The first-order valence-corrected chi connectivity index (χ1v) is 7.08. The van der Waals surface area contributed by atoms with E-state index >= 15 is 0 Å². The number of nitrogens with one attached hydrogen (secondary N) is 1. The van der Waals surface area contributed by atoms with Gasteiger partial charge in [0.25, 0.3) is 0 Å². The monoisotopic (exact) mass is 326 g/mol. The molecule has 128 valence electrons. The summed E-state index contributed by atoms with van der Waals surface area (Å²) in [4.78, 5) is 25.8. The van der Waals surface area contributed by atoms with Crippen molar-refractivity contribution in [2.45, 2.75) is 33.8 Å². The summed E-state index contributed by atoms with van der Waals surface area (Å²) < 4.78 is 5.86. The average Bonchev–Trinajstić information content (AvgIpc) is 3.00. The molecule has 0 unspecified atom stereocenters. The van der Waals surface area contributed by atoms with E-state index in [1.54, 1.807) is 0 Å². The van der Waals surface area contributed by atoms with E-state index in [-0.39, 0.29) is 23.7 Å². The van der Waals surface area contributed by atoms with E-state index < -0.39 is 6.09 Å². The number of carbonyl (C=O) groups excluding carboxylic acids is 1. The van der Waals surface area contributed by atoms with E-state index in [1.807, 2.05) is 27.7 Å². The van der Waals surface area contributed by atoms with Gasteiger partial charge in [-0.1, -0.05) is 24.2 Å². The van der Waals surface area contributed by atoms with Crippen molar-refractivity contribution in [2.24, 2.45) is 16.2 Å². The lowest BCUT2D eigenvalue weighted by Gasteiger charge is -2.11. The highest BCUT2D eigenvalue weighted by Gasteiger charge is 2.19. The molecule has 0 saturated carbocycles. The Labute approximate surface area is 134 Å². The minimum Gasteiger partial charge on any atom is -0.453 e. The van der Waals surface area contributed by atoms with Gasteiger partial charge in [0.1, 0.15) is 25.4 Å².